The summed E-state index contributed by atoms with van der Waals surface area (Å²) < 4.78 is 0. The Hall–Kier alpha value is -1.36. The molecule has 2 aliphatic heterocycles. The van der Waals surface area contributed by atoms with Crippen molar-refractivity contribution in [2.24, 2.45) is 0 Å². The van der Waals surface area contributed by atoms with Crippen LogP contribution in [0.4, 0.5) is 0 Å². The molecule has 1 unspecified atom stereocenters. The zero-order valence-electron chi connectivity index (χ0n) is 11.8. The van der Waals surface area contributed by atoms with Crippen LogP contribution in [0.1, 0.15) is 19.8 Å². The van der Waals surface area contributed by atoms with Crippen LogP contribution in [0.25, 0.3) is 0 Å². The molecule has 0 aromatic heterocycles. The lowest BCUT2D eigenvalue weighted by Gasteiger charge is -2.45. The first kappa shape index (κ1) is 14.1. The number of hydrogen-bond acceptors (Lipinski definition) is 3. The maximum atomic E-state index is 12.1. The monoisotopic (exact) mass is 265 g/mol. The van der Waals surface area contributed by atoms with Crippen molar-refractivity contribution in [3.05, 3.63) is 12.2 Å². The van der Waals surface area contributed by atoms with Crippen LogP contribution in [0.5, 0.6) is 0 Å². The molecule has 2 aliphatic rings. The molecule has 0 aliphatic carbocycles. The van der Waals surface area contributed by atoms with Gasteiger partial charge in [0.2, 0.25) is 11.8 Å². The molecule has 1 atom stereocenters. The topological polar surface area (TPSA) is 43.9 Å². The maximum absolute atomic E-state index is 12.1. The SMILES string of the molecule is CCCC=CCN1CCN2C(=O)CN(C)C(=O)C2C1. The number of allylic oxidation sites excluding steroid dienone is 1. The molecule has 0 N–H and O–H groups in total. The average Bonchev–Trinajstić information content (AvgIpc) is 2.41. The smallest absolute Gasteiger partial charge is 0.246 e. The van der Waals surface area contributed by atoms with E-state index in [1.807, 2.05) is 0 Å². The quantitative estimate of drug-likeness (QED) is 0.688. The third-order valence-corrected chi connectivity index (χ3v) is 3.80. The van der Waals surface area contributed by atoms with Gasteiger partial charge in [-0.3, -0.25) is 14.5 Å². The highest BCUT2D eigenvalue weighted by Gasteiger charge is 2.40. The Morgan fingerprint density at radius 3 is 2.79 bits per heavy atom. The van der Waals surface area contributed by atoms with E-state index in [-0.39, 0.29) is 24.4 Å². The molecule has 5 heteroatoms. The van der Waals surface area contributed by atoms with Crippen molar-refractivity contribution >= 4 is 11.8 Å². The first-order valence-corrected chi connectivity index (χ1v) is 7.05. The lowest BCUT2D eigenvalue weighted by molar-refractivity contribution is -0.158. The van der Waals surface area contributed by atoms with Crippen molar-refractivity contribution < 1.29 is 9.59 Å². The van der Waals surface area contributed by atoms with Crippen LogP contribution in [0.3, 0.4) is 0 Å². The highest BCUT2D eigenvalue weighted by Crippen LogP contribution is 2.16. The summed E-state index contributed by atoms with van der Waals surface area (Å²) in [5, 5.41) is 0. The van der Waals surface area contributed by atoms with Gasteiger partial charge in [0, 0.05) is 33.2 Å². The van der Waals surface area contributed by atoms with Gasteiger partial charge in [-0.25, -0.2) is 0 Å². The number of nitrogens with zero attached hydrogens (tertiary/aromatic N) is 3. The summed E-state index contributed by atoms with van der Waals surface area (Å²) in [4.78, 5) is 29.5. The third-order valence-electron chi connectivity index (χ3n) is 3.80. The van der Waals surface area contributed by atoms with Gasteiger partial charge in [-0.15, -0.1) is 0 Å². The van der Waals surface area contributed by atoms with E-state index in [4.69, 9.17) is 0 Å². The molecule has 106 valence electrons. The molecular weight excluding hydrogens is 242 g/mol. The number of piperazine rings is 2. The van der Waals surface area contributed by atoms with Crippen LogP contribution in [0.2, 0.25) is 0 Å². The second kappa shape index (κ2) is 6.19. The van der Waals surface area contributed by atoms with Gasteiger partial charge in [0.05, 0.1) is 6.54 Å². The van der Waals surface area contributed by atoms with Crippen LogP contribution in [0.15, 0.2) is 12.2 Å². The summed E-state index contributed by atoms with van der Waals surface area (Å²) in [6.07, 6.45) is 6.61. The van der Waals surface area contributed by atoms with Gasteiger partial charge in [-0.1, -0.05) is 25.5 Å². The van der Waals surface area contributed by atoms with Gasteiger partial charge in [0.15, 0.2) is 0 Å². The first-order chi connectivity index (χ1) is 9.13. The molecule has 0 spiro atoms. The van der Waals surface area contributed by atoms with Crippen LogP contribution in [-0.4, -0.2) is 72.3 Å². The Kier molecular flexibility index (Phi) is 4.58. The number of unbranched alkanes of at least 4 members (excludes halogenated alkanes) is 1. The predicted molar refractivity (Wildman–Crippen MR) is 73.6 cm³/mol. The van der Waals surface area contributed by atoms with Gasteiger partial charge in [0.25, 0.3) is 0 Å². The van der Waals surface area contributed by atoms with Gasteiger partial charge < -0.3 is 9.80 Å². The summed E-state index contributed by atoms with van der Waals surface area (Å²) in [5.41, 5.74) is 0. The minimum atomic E-state index is -0.278. The van der Waals surface area contributed by atoms with Crippen LogP contribution in [-0.2, 0) is 9.59 Å². The normalized spacial score (nSPS) is 25.3. The molecule has 5 nitrogen and oxygen atoms in total. The van der Waals surface area contributed by atoms with E-state index in [1.54, 1.807) is 16.8 Å². The number of hydrogen-bond donors (Lipinski definition) is 0. The zero-order chi connectivity index (χ0) is 13.8. The van der Waals surface area contributed by atoms with E-state index in [1.165, 1.54) is 0 Å². The lowest BCUT2D eigenvalue weighted by Crippen LogP contribution is -2.66. The maximum Gasteiger partial charge on any atom is 0.246 e. The fourth-order valence-electron chi connectivity index (χ4n) is 2.65. The van der Waals surface area contributed by atoms with E-state index in [0.717, 1.165) is 25.9 Å². The molecule has 0 aromatic rings. The second-order valence-electron chi connectivity index (χ2n) is 5.32. The number of rotatable bonds is 4. The van der Waals surface area contributed by atoms with Crippen LogP contribution in [0, 0.1) is 0 Å². The second-order valence-corrected chi connectivity index (χ2v) is 5.32. The average molecular weight is 265 g/mol. The molecule has 0 bridgehead atoms. The van der Waals surface area contributed by atoms with Crippen molar-refractivity contribution in [1.82, 2.24) is 14.7 Å². The number of carbonyl (C=O) groups is 2. The molecule has 0 saturated carbocycles. The van der Waals surface area contributed by atoms with E-state index >= 15 is 0 Å². The molecule has 0 aromatic carbocycles. The third kappa shape index (κ3) is 3.15. The van der Waals surface area contributed by atoms with Crippen LogP contribution >= 0.6 is 0 Å². The largest absolute Gasteiger partial charge is 0.335 e. The Morgan fingerprint density at radius 2 is 2.05 bits per heavy atom. The van der Waals surface area contributed by atoms with E-state index in [0.29, 0.717) is 13.1 Å². The Balaban J connectivity index is 1.93. The van der Waals surface area contributed by atoms with Crippen molar-refractivity contribution in [2.45, 2.75) is 25.8 Å². The van der Waals surface area contributed by atoms with E-state index in [9.17, 15) is 9.59 Å². The van der Waals surface area contributed by atoms with Crippen molar-refractivity contribution in [3.8, 4) is 0 Å². The number of carbonyl (C=O) groups excluding carboxylic acids is 2. The molecule has 2 fully saturated rings. The van der Waals surface area contributed by atoms with Crippen molar-refractivity contribution in [1.29, 1.82) is 0 Å². The summed E-state index contributed by atoms with van der Waals surface area (Å²) in [5.74, 6) is 0.148. The molecule has 2 rings (SSSR count). The zero-order valence-corrected chi connectivity index (χ0v) is 11.8. The van der Waals surface area contributed by atoms with Gasteiger partial charge in [-0.2, -0.15) is 0 Å². The molecule has 2 amide bonds. The molecule has 2 saturated heterocycles. The molecule has 19 heavy (non-hydrogen) atoms. The fourth-order valence-corrected chi connectivity index (χ4v) is 2.65. The minimum absolute atomic E-state index is 0.0711. The van der Waals surface area contributed by atoms with Gasteiger partial charge in [-0.05, 0) is 6.42 Å². The highest BCUT2D eigenvalue weighted by molar-refractivity contribution is 5.95. The summed E-state index contributed by atoms with van der Waals surface area (Å²) in [7, 11) is 1.71. The first-order valence-electron chi connectivity index (χ1n) is 7.05. The molecule has 2 heterocycles. The van der Waals surface area contributed by atoms with Crippen LogP contribution < -0.4 is 0 Å². The van der Waals surface area contributed by atoms with E-state index in [2.05, 4.69) is 24.0 Å². The summed E-state index contributed by atoms with van der Waals surface area (Å²) in [6.45, 7) is 5.44. The number of fused-ring (bicyclic) bond motifs is 1. The number of amides is 2. The predicted octanol–water partition coefficient (Wildman–Crippen LogP) is 0.328. The molecule has 0 radical (unpaired) electrons. The Bertz CT molecular complexity index is 381. The fraction of sp³-hybridized carbons (Fsp3) is 0.714. The van der Waals surface area contributed by atoms with Crippen molar-refractivity contribution in [3.63, 3.8) is 0 Å². The molecular formula is C14H23N3O2. The van der Waals surface area contributed by atoms with Gasteiger partial charge >= 0.3 is 0 Å². The summed E-state index contributed by atoms with van der Waals surface area (Å²) >= 11 is 0. The number of likely N-dealkylation sites (N-methyl/N-ethyl adjacent to an activating group) is 1. The Labute approximate surface area is 114 Å². The highest BCUT2D eigenvalue weighted by atomic mass is 16.2. The standard InChI is InChI=1S/C14H23N3O2/c1-3-4-5-6-7-16-8-9-17-12(10-16)14(19)15(2)11-13(17)18/h5-6,12H,3-4,7-11H2,1-2H3. The van der Waals surface area contributed by atoms with Crippen molar-refractivity contribution in [2.75, 3.05) is 39.8 Å². The van der Waals surface area contributed by atoms with E-state index < -0.39 is 0 Å². The lowest BCUT2D eigenvalue weighted by atomic mass is 10.1. The minimum Gasteiger partial charge on any atom is -0.335 e. The van der Waals surface area contributed by atoms with Gasteiger partial charge in [0.1, 0.15) is 6.04 Å². The Morgan fingerprint density at radius 1 is 1.26 bits per heavy atom. The summed E-state index contributed by atoms with van der Waals surface area (Å²) in [6, 6.07) is -0.278.